The van der Waals surface area contributed by atoms with Gasteiger partial charge in [-0.1, -0.05) is 24.3 Å². The molecule has 0 fully saturated rings. The minimum atomic E-state index is -0.387. The second-order valence-corrected chi connectivity index (χ2v) is 3.53. The van der Waals surface area contributed by atoms with Crippen molar-refractivity contribution in [1.29, 1.82) is 5.26 Å². The smallest absolute Gasteiger partial charge is 0.149 e. The van der Waals surface area contributed by atoms with Crippen LogP contribution in [0.3, 0.4) is 0 Å². The van der Waals surface area contributed by atoms with E-state index in [0.717, 1.165) is 11.1 Å². The first-order valence-electron chi connectivity index (χ1n) is 5.05. The topological polar surface area (TPSA) is 49.6 Å². The Labute approximate surface area is 94.4 Å². The molecule has 0 saturated carbocycles. The highest BCUT2D eigenvalue weighted by molar-refractivity contribution is 5.37. The summed E-state index contributed by atoms with van der Waals surface area (Å²) in [5.41, 5.74) is 2.05. The summed E-state index contributed by atoms with van der Waals surface area (Å²) < 4.78 is 0. The van der Waals surface area contributed by atoms with Gasteiger partial charge >= 0.3 is 0 Å². The molecule has 0 saturated heterocycles. The van der Waals surface area contributed by atoms with Crippen molar-refractivity contribution in [3.8, 4) is 6.07 Å². The molecule has 3 heteroatoms. The van der Waals surface area contributed by atoms with Gasteiger partial charge in [0.2, 0.25) is 0 Å². The molecule has 2 aromatic rings. The molecule has 0 aliphatic heterocycles. The number of hydrogen-bond acceptors (Lipinski definition) is 3. The number of nitrogens with zero attached hydrogens (tertiary/aromatic N) is 3. The van der Waals surface area contributed by atoms with Crippen LogP contribution in [-0.4, -0.2) is 9.97 Å². The van der Waals surface area contributed by atoms with Gasteiger partial charge in [-0.25, -0.2) is 9.97 Å². The van der Waals surface area contributed by atoms with Crippen LogP contribution in [0.1, 0.15) is 22.9 Å². The first kappa shape index (κ1) is 10.3. The summed E-state index contributed by atoms with van der Waals surface area (Å²) in [6, 6.07) is 11.8. The van der Waals surface area contributed by atoms with E-state index in [1.807, 2.05) is 31.2 Å². The third-order valence-corrected chi connectivity index (χ3v) is 2.47. The first-order valence-corrected chi connectivity index (χ1v) is 5.05. The largest absolute Gasteiger partial charge is 0.240 e. The van der Waals surface area contributed by atoms with Gasteiger partial charge in [-0.3, -0.25) is 0 Å². The third-order valence-electron chi connectivity index (χ3n) is 2.47. The van der Waals surface area contributed by atoms with Crippen LogP contribution in [0, 0.1) is 18.3 Å². The minimum Gasteiger partial charge on any atom is -0.240 e. The summed E-state index contributed by atoms with van der Waals surface area (Å²) in [6.07, 6.45) is 3.32. The monoisotopic (exact) mass is 209 g/mol. The second kappa shape index (κ2) is 4.54. The molecule has 3 nitrogen and oxygen atoms in total. The molecular weight excluding hydrogens is 198 g/mol. The normalized spacial score (nSPS) is 11.8. The molecule has 0 bridgehead atoms. The maximum absolute atomic E-state index is 9.23. The second-order valence-electron chi connectivity index (χ2n) is 3.53. The fraction of sp³-hybridized carbons (Fsp3) is 0.154. The van der Waals surface area contributed by atoms with Crippen molar-refractivity contribution in [1.82, 2.24) is 9.97 Å². The molecule has 0 spiro atoms. The molecule has 1 heterocycles. The SMILES string of the molecule is Cc1ccccc1C(C#N)c1ncccn1. The van der Waals surface area contributed by atoms with Crippen molar-refractivity contribution in [2.24, 2.45) is 0 Å². The van der Waals surface area contributed by atoms with Crippen LogP contribution in [0.4, 0.5) is 0 Å². The Balaban J connectivity index is 2.47. The highest BCUT2D eigenvalue weighted by Gasteiger charge is 2.17. The fourth-order valence-electron chi connectivity index (χ4n) is 1.64. The Morgan fingerprint density at radius 3 is 2.44 bits per heavy atom. The zero-order chi connectivity index (χ0) is 11.4. The molecule has 0 aliphatic carbocycles. The van der Waals surface area contributed by atoms with Crippen molar-refractivity contribution in [3.05, 3.63) is 59.7 Å². The molecule has 1 atom stereocenters. The quantitative estimate of drug-likeness (QED) is 0.763. The Bertz CT molecular complexity index is 514. The van der Waals surface area contributed by atoms with E-state index < -0.39 is 0 Å². The Morgan fingerprint density at radius 1 is 1.12 bits per heavy atom. The zero-order valence-corrected chi connectivity index (χ0v) is 8.96. The highest BCUT2D eigenvalue weighted by atomic mass is 14.9. The number of rotatable bonds is 2. The highest BCUT2D eigenvalue weighted by Crippen LogP contribution is 2.23. The van der Waals surface area contributed by atoms with Gasteiger partial charge in [0, 0.05) is 12.4 Å². The number of aryl methyl sites for hydroxylation is 1. The lowest BCUT2D eigenvalue weighted by Crippen LogP contribution is -2.04. The van der Waals surface area contributed by atoms with Crippen LogP contribution in [0.25, 0.3) is 0 Å². The van der Waals surface area contributed by atoms with E-state index in [9.17, 15) is 5.26 Å². The van der Waals surface area contributed by atoms with E-state index in [1.54, 1.807) is 18.5 Å². The van der Waals surface area contributed by atoms with Crippen LogP contribution in [0.2, 0.25) is 0 Å². The lowest BCUT2D eigenvalue weighted by molar-refractivity contribution is 0.883. The summed E-state index contributed by atoms with van der Waals surface area (Å²) in [6.45, 7) is 1.99. The standard InChI is InChI=1S/C13H11N3/c1-10-5-2-3-6-11(10)12(9-14)13-15-7-4-8-16-13/h2-8,12H,1H3. The number of hydrogen-bond donors (Lipinski definition) is 0. The molecule has 16 heavy (non-hydrogen) atoms. The van der Waals surface area contributed by atoms with Crippen molar-refractivity contribution < 1.29 is 0 Å². The lowest BCUT2D eigenvalue weighted by Gasteiger charge is -2.10. The maximum atomic E-state index is 9.23. The Kier molecular flexibility index (Phi) is 2.93. The van der Waals surface area contributed by atoms with E-state index in [0.29, 0.717) is 5.82 Å². The molecule has 0 amide bonds. The van der Waals surface area contributed by atoms with Gasteiger partial charge in [0.05, 0.1) is 6.07 Å². The molecule has 0 aliphatic rings. The van der Waals surface area contributed by atoms with Crippen LogP contribution >= 0.6 is 0 Å². The molecule has 0 radical (unpaired) electrons. The van der Waals surface area contributed by atoms with Crippen LogP contribution in [0.5, 0.6) is 0 Å². The summed E-state index contributed by atoms with van der Waals surface area (Å²) in [4.78, 5) is 8.27. The lowest BCUT2D eigenvalue weighted by atomic mass is 9.95. The van der Waals surface area contributed by atoms with Gasteiger partial charge in [-0.15, -0.1) is 0 Å². The van der Waals surface area contributed by atoms with Gasteiger partial charge in [0.25, 0.3) is 0 Å². The van der Waals surface area contributed by atoms with E-state index in [1.165, 1.54) is 0 Å². The van der Waals surface area contributed by atoms with E-state index in [-0.39, 0.29) is 5.92 Å². The van der Waals surface area contributed by atoms with Gasteiger partial charge in [-0.05, 0) is 24.1 Å². The van der Waals surface area contributed by atoms with Crippen LogP contribution in [-0.2, 0) is 0 Å². The van der Waals surface area contributed by atoms with Crippen LogP contribution in [0.15, 0.2) is 42.7 Å². The number of nitriles is 1. The van der Waals surface area contributed by atoms with Crippen LogP contribution < -0.4 is 0 Å². The van der Waals surface area contributed by atoms with Gasteiger partial charge in [0.1, 0.15) is 11.7 Å². The zero-order valence-electron chi connectivity index (χ0n) is 8.96. The molecule has 1 unspecified atom stereocenters. The predicted molar refractivity (Wildman–Crippen MR) is 60.7 cm³/mol. The summed E-state index contributed by atoms with van der Waals surface area (Å²) >= 11 is 0. The average molecular weight is 209 g/mol. The average Bonchev–Trinajstić information content (AvgIpc) is 2.34. The van der Waals surface area contributed by atoms with Gasteiger partial charge in [0.15, 0.2) is 0 Å². The van der Waals surface area contributed by atoms with Crippen molar-refractivity contribution in [2.45, 2.75) is 12.8 Å². The van der Waals surface area contributed by atoms with Crippen molar-refractivity contribution in [3.63, 3.8) is 0 Å². The minimum absolute atomic E-state index is 0.387. The molecule has 0 N–H and O–H groups in total. The van der Waals surface area contributed by atoms with Gasteiger partial charge in [-0.2, -0.15) is 5.26 Å². The molecule has 1 aromatic carbocycles. The molecule has 1 aromatic heterocycles. The number of benzene rings is 1. The number of aromatic nitrogens is 2. The predicted octanol–water partition coefficient (Wildman–Crippen LogP) is 2.44. The fourth-order valence-corrected chi connectivity index (χ4v) is 1.64. The molecule has 78 valence electrons. The molecule has 2 rings (SSSR count). The van der Waals surface area contributed by atoms with E-state index in [4.69, 9.17) is 0 Å². The summed E-state index contributed by atoms with van der Waals surface area (Å²) in [5.74, 6) is 0.168. The van der Waals surface area contributed by atoms with Gasteiger partial charge < -0.3 is 0 Å². The van der Waals surface area contributed by atoms with E-state index >= 15 is 0 Å². The van der Waals surface area contributed by atoms with Crippen molar-refractivity contribution >= 4 is 0 Å². The summed E-state index contributed by atoms with van der Waals surface area (Å²) in [7, 11) is 0. The Morgan fingerprint density at radius 2 is 1.81 bits per heavy atom. The third kappa shape index (κ3) is 1.91. The van der Waals surface area contributed by atoms with E-state index in [2.05, 4.69) is 16.0 Å². The Hall–Kier alpha value is -2.21. The maximum Gasteiger partial charge on any atom is 0.149 e. The first-order chi connectivity index (χ1) is 7.83. The summed E-state index contributed by atoms with van der Waals surface area (Å²) in [5, 5.41) is 9.23. The molecular formula is C13H11N3. The van der Waals surface area contributed by atoms with Crippen molar-refractivity contribution in [2.75, 3.05) is 0 Å².